The van der Waals surface area contributed by atoms with Gasteiger partial charge in [-0.05, 0) is 44.8 Å². The summed E-state index contributed by atoms with van der Waals surface area (Å²) in [6.07, 6.45) is 4.09. The Bertz CT molecular complexity index is 472. The molecule has 2 rings (SSSR count). The maximum absolute atomic E-state index is 12.4. The van der Waals surface area contributed by atoms with Crippen molar-refractivity contribution < 1.29 is 4.79 Å². The number of benzene rings is 1. The van der Waals surface area contributed by atoms with Gasteiger partial charge < -0.3 is 11.1 Å². The molecular weight excluding hydrogens is 310 g/mol. The number of likely N-dealkylation sites (tertiary alicyclic amines) is 1. The first-order valence-corrected chi connectivity index (χ1v) is 8.41. The van der Waals surface area contributed by atoms with Gasteiger partial charge in [0.25, 0.3) is 0 Å². The lowest BCUT2D eigenvalue weighted by Crippen LogP contribution is -2.53. The molecule has 3 N–H and O–H groups in total. The van der Waals surface area contributed by atoms with E-state index in [1.807, 2.05) is 13.0 Å². The predicted octanol–water partition coefficient (Wildman–Crippen LogP) is 2.88. The number of amides is 1. The molecule has 0 aliphatic carbocycles. The third kappa shape index (κ3) is 5.48. The fraction of sp³-hybridized carbons (Fsp3) is 0.611. The molecule has 1 aromatic carbocycles. The first-order chi connectivity index (χ1) is 10.5. The number of halogens is 1. The predicted molar refractivity (Wildman–Crippen MR) is 97.7 cm³/mol. The van der Waals surface area contributed by atoms with Crippen LogP contribution in [0.2, 0.25) is 0 Å². The van der Waals surface area contributed by atoms with Crippen LogP contribution in [-0.2, 0) is 4.79 Å². The Balaban J connectivity index is 0.00000264. The molecule has 2 atom stereocenters. The van der Waals surface area contributed by atoms with Crippen LogP contribution in [0.3, 0.4) is 0 Å². The highest BCUT2D eigenvalue weighted by Gasteiger charge is 2.29. The Labute approximate surface area is 146 Å². The summed E-state index contributed by atoms with van der Waals surface area (Å²) in [5, 5.41) is 3.08. The average molecular weight is 340 g/mol. The highest BCUT2D eigenvalue weighted by Crippen LogP contribution is 2.24. The van der Waals surface area contributed by atoms with Crippen molar-refractivity contribution in [2.75, 3.05) is 19.6 Å². The van der Waals surface area contributed by atoms with Crippen molar-refractivity contribution in [2.24, 2.45) is 5.73 Å². The van der Waals surface area contributed by atoms with Crippen molar-refractivity contribution in [2.45, 2.75) is 51.1 Å². The van der Waals surface area contributed by atoms with Crippen LogP contribution in [0.1, 0.15) is 51.1 Å². The zero-order valence-electron chi connectivity index (χ0n) is 14.3. The molecule has 0 spiro atoms. The van der Waals surface area contributed by atoms with Crippen LogP contribution in [0.4, 0.5) is 0 Å². The summed E-state index contributed by atoms with van der Waals surface area (Å²) >= 11 is 0. The van der Waals surface area contributed by atoms with Gasteiger partial charge in [-0.1, -0.05) is 43.7 Å². The molecule has 1 aliphatic rings. The highest BCUT2D eigenvalue weighted by molar-refractivity contribution is 5.85. The lowest BCUT2D eigenvalue weighted by atomic mass is 9.96. The SMILES string of the molecule is CCCC(C)(N)C(=O)NCC(c1ccccc1)N1CCCC1.Cl. The van der Waals surface area contributed by atoms with Gasteiger partial charge in [-0.2, -0.15) is 0 Å². The third-order valence-corrected chi connectivity index (χ3v) is 4.51. The quantitative estimate of drug-likeness (QED) is 0.803. The van der Waals surface area contributed by atoms with E-state index in [0.29, 0.717) is 13.0 Å². The van der Waals surface area contributed by atoms with Gasteiger partial charge in [0.05, 0.1) is 11.6 Å². The lowest BCUT2D eigenvalue weighted by Gasteiger charge is -2.30. The number of nitrogens with zero attached hydrogens (tertiary/aromatic N) is 1. The maximum atomic E-state index is 12.4. The zero-order chi connectivity index (χ0) is 16.0. The van der Waals surface area contributed by atoms with E-state index in [2.05, 4.69) is 41.4 Å². The van der Waals surface area contributed by atoms with Gasteiger partial charge in [-0.25, -0.2) is 0 Å². The molecule has 0 saturated carbocycles. The van der Waals surface area contributed by atoms with Gasteiger partial charge in [-0.15, -0.1) is 12.4 Å². The average Bonchev–Trinajstić information content (AvgIpc) is 3.02. The highest BCUT2D eigenvalue weighted by atomic mass is 35.5. The van der Waals surface area contributed by atoms with Crippen LogP contribution in [0.5, 0.6) is 0 Å². The standard InChI is InChI=1S/C18H29N3O.ClH/c1-3-11-18(2,19)17(22)20-14-16(21-12-7-8-13-21)15-9-5-4-6-10-15;/h4-6,9-10,16H,3,7-8,11-14,19H2,1-2H3,(H,20,22);1H. The van der Waals surface area contributed by atoms with E-state index in [1.165, 1.54) is 18.4 Å². The maximum Gasteiger partial charge on any atom is 0.239 e. The van der Waals surface area contributed by atoms with Crippen molar-refractivity contribution >= 4 is 18.3 Å². The Morgan fingerprint density at radius 3 is 2.48 bits per heavy atom. The first kappa shape index (κ1) is 19.9. The number of nitrogens with two attached hydrogens (primary N) is 1. The molecule has 1 heterocycles. The number of hydrogen-bond donors (Lipinski definition) is 2. The fourth-order valence-electron chi connectivity index (χ4n) is 3.21. The smallest absolute Gasteiger partial charge is 0.239 e. The molecule has 1 saturated heterocycles. The molecule has 130 valence electrons. The van der Waals surface area contributed by atoms with Crippen molar-refractivity contribution in [3.63, 3.8) is 0 Å². The molecule has 0 bridgehead atoms. The minimum atomic E-state index is -0.777. The summed E-state index contributed by atoms with van der Waals surface area (Å²) in [6.45, 7) is 6.70. The monoisotopic (exact) mass is 339 g/mol. The Hall–Kier alpha value is -1.10. The summed E-state index contributed by atoms with van der Waals surface area (Å²) in [5.41, 5.74) is 6.61. The van der Waals surface area contributed by atoms with E-state index in [4.69, 9.17) is 5.73 Å². The molecule has 4 nitrogen and oxygen atoms in total. The van der Waals surface area contributed by atoms with Crippen LogP contribution in [0.15, 0.2) is 30.3 Å². The summed E-state index contributed by atoms with van der Waals surface area (Å²) < 4.78 is 0. The molecule has 2 unspecified atom stereocenters. The molecular formula is C18H30ClN3O. The molecule has 1 fully saturated rings. The number of carbonyl (C=O) groups is 1. The molecule has 0 radical (unpaired) electrons. The largest absolute Gasteiger partial charge is 0.353 e. The van der Waals surface area contributed by atoms with E-state index in [-0.39, 0.29) is 24.4 Å². The number of rotatable bonds is 7. The Morgan fingerprint density at radius 2 is 1.91 bits per heavy atom. The van der Waals surface area contributed by atoms with Crippen molar-refractivity contribution in [3.8, 4) is 0 Å². The van der Waals surface area contributed by atoms with Gasteiger partial charge >= 0.3 is 0 Å². The molecule has 1 amide bonds. The minimum Gasteiger partial charge on any atom is -0.353 e. The fourth-order valence-corrected chi connectivity index (χ4v) is 3.21. The molecule has 1 aromatic rings. The van der Waals surface area contributed by atoms with Gasteiger partial charge in [-0.3, -0.25) is 9.69 Å². The third-order valence-electron chi connectivity index (χ3n) is 4.51. The Morgan fingerprint density at radius 1 is 1.30 bits per heavy atom. The van der Waals surface area contributed by atoms with Crippen LogP contribution in [0.25, 0.3) is 0 Å². The summed E-state index contributed by atoms with van der Waals surface area (Å²) in [4.78, 5) is 14.8. The van der Waals surface area contributed by atoms with E-state index < -0.39 is 5.54 Å². The number of nitrogens with one attached hydrogen (secondary N) is 1. The van der Waals surface area contributed by atoms with E-state index >= 15 is 0 Å². The van der Waals surface area contributed by atoms with Crippen molar-refractivity contribution in [1.82, 2.24) is 10.2 Å². The second-order valence-electron chi connectivity index (χ2n) is 6.55. The molecule has 23 heavy (non-hydrogen) atoms. The number of hydrogen-bond acceptors (Lipinski definition) is 3. The van der Waals surface area contributed by atoms with E-state index in [9.17, 15) is 4.79 Å². The van der Waals surface area contributed by atoms with Crippen LogP contribution < -0.4 is 11.1 Å². The minimum absolute atomic E-state index is 0. The van der Waals surface area contributed by atoms with Gasteiger partial charge in [0.1, 0.15) is 0 Å². The van der Waals surface area contributed by atoms with Crippen LogP contribution in [0, 0.1) is 0 Å². The molecule has 0 aromatic heterocycles. The van der Waals surface area contributed by atoms with E-state index in [0.717, 1.165) is 19.5 Å². The van der Waals surface area contributed by atoms with Crippen LogP contribution >= 0.6 is 12.4 Å². The summed E-state index contributed by atoms with van der Waals surface area (Å²) in [6, 6.07) is 10.7. The second kappa shape index (κ2) is 9.26. The zero-order valence-corrected chi connectivity index (χ0v) is 15.1. The molecule has 1 aliphatic heterocycles. The first-order valence-electron chi connectivity index (χ1n) is 8.41. The topological polar surface area (TPSA) is 58.4 Å². The van der Waals surface area contributed by atoms with Gasteiger partial charge in [0.2, 0.25) is 5.91 Å². The van der Waals surface area contributed by atoms with Gasteiger partial charge in [0.15, 0.2) is 0 Å². The van der Waals surface area contributed by atoms with Crippen LogP contribution in [-0.4, -0.2) is 36.0 Å². The number of carbonyl (C=O) groups excluding carboxylic acids is 1. The van der Waals surface area contributed by atoms with Crippen molar-refractivity contribution in [1.29, 1.82) is 0 Å². The normalized spacial score (nSPS) is 18.7. The second-order valence-corrected chi connectivity index (χ2v) is 6.55. The van der Waals surface area contributed by atoms with E-state index in [1.54, 1.807) is 0 Å². The van der Waals surface area contributed by atoms with Gasteiger partial charge in [0, 0.05) is 6.54 Å². The Kier molecular flexibility index (Phi) is 8.03. The summed E-state index contributed by atoms with van der Waals surface area (Å²) in [5.74, 6) is -0.0468. The lowest BCUT2D eigenvalue weighted by molar-refractivity contribution is -0.126. The summed E-state index contributed by atoms with van der Waals surface area (Å²) in [7, 11) is 0. The van der Waals surface area contributed by atoms with Crippen molar-refractivity contribution in [3.05, 3.63) is 35.9 Å². The molecule has 5 heteroatoms.